The zero-order chi connectivity index (χ0) is 7.56. The van der Waals surface area contributed by atoms with E-state index >= 15 is 0 Å². The molecular formula is C9H17N. The SMILES string of the molecule is CC(C)N1CC=CCC1C. The van der Waals surface area contributed by atoms with Crippen LogP contribution in [0.25, 0.3) is 0 Å². The van der Waals surface area contributed by atoms with E-state index < -0.39 is 0 Å². The van der Waals surface area contributed by atoms with Crippen molar-refractivity contribution in [3.63, 3.8) is 0 Å². The maximum Gasteiger partial charge on any atom is 0.0168 e. The van der Waals surface area contributed by atoms with Gasteiger partial charge in [0.2, 0.25) is 0 Å². The molecule has 0 amide bonds. The summed E-state index contributed by atoms with van der Waals surface area (Å²) in [6, 6.07) is 1.44. The Hall–Kier alpha value is -0.300. The van der Waals surface area contributed by atoms with Gasteiger partial charge in [-0.3, -0.25) is 4.90 Å². The van der Waals surface area contributed by atoms with Crippen LogP contribution in [0.4, 0.5) is 0 Å². The van der Waals surface area contributed by atoms with Gasteiger partial charge in [-0.05, 0) is 27.2 Å². The largest absolute Gasteiger partial charge is 0.294 e. The Labute approximate surface area is 63.7 Å². The first-order valence-electron chi connectivity index (χ1n) is 4.12. The van der Waals surface area contributed by atoms with Crippen molar-refractivity contribution in [2.45, 2.75) is 39.3 Å². The topological polar surface area (TPSA) is 3.24 Å². The lowest BCUT2D eigenvalue weighted by atomic mass is 10.1. The molecule has 1 unspecified atom stereocenters. The van der Waals surface area contributed by atoms with Crippen LogP contribution in [-0.2, 0) is 0 Å². The molecule has 1 heterocycles. The molecule has 1 aliphatic rings. The molecule has 0 aliphatic carbocycles. The molecule has 1 nitrogen and oxygen atoms in total. The molecule has 0 bridgehead atoms. The fourth-order valence-corrected chi connectivity index (χ4v) is 1.52. The zero-order valence-electron chi connectivity index (χ0n) is 7.17. The Morgan fingerprint density at radius 2 is 2.10 bits per heavy atom. The summed E-state index contributed by atoms with van der Waals surface area (Å²) in [5, 5.41) is 0. The Morgan fingerprint density at radius 3 is 2.50 bits per heavy atom. The molecule has 1 aliphatic heterocycles. The standard InChI is InChI=1S/C9H17N/c1-8(2)10-7-5-4-6-9(10)3/h4-5,8-9H,6-7H2,1-3H3. The van der Waals surface area contributed by atoms with Gasteiger partial charge >= 0.3 is 0 Å². The summed E-state index contributed by atoms with van der Waals surface area (Å²) in [6.45, 7) is 7.95. The molecule has 0 saturated heterocycles. The van der Waals surface area contributed by atoms with Crippen LogP contribution in [0.15, 0.2) is 12.2 Å². The highest BCUT2D eigenvalue weighted by atomic mass is 15.2. The van der Waals surface area contributed by atoms with E-state index in [1.54, 1.807) is 0 Å². The predicted molar refractivity (Wildman–Crippen MR) is 45.1 cm³/mol. The van der Waals surface area contributed by atoms with E-state index in [2.05, 4.69) is 37.8 Å². The van der Waals surface area contributed by atoms with Gasteiger partial charge in [0.05, 0.1) is 0 Å². The maximum absolute atomic E-state index is 2.51. The minimum atomic E-state index is 0.694. The summed E-state index contributed by atoms with van der Waals surface area (Å²) < 4.78 is 0. The fraction of sp³-hybridized carbons (Fsp3) is 0.778. The Morgan fingerprint density at radius 1 is 1.40 bits per heavy atom. The quantitative estimate of drug-likeness (QED) is 0.502. The van der Waals surface area contributed by atoms with Gasteiger partial charge in [0.15, 0.2) is 0 Å². The van der Waals surface area contributed by atoms with E-state index in [0.717, 1.165) is 12.6 Å². The first-order chi connectivity index (χ1) is 4.72. The average molecular weight is 139 g/mol. The lowest BCUT2D eigenvalue weighted by molar-refractivity contribution is 0.177. The molecule has 0 spiro atoms. The average Bonchev–Trinajstić information content (AvgIpc) is 1.88. The highest BCUT2D eigenvalue weighted by Crippen LogP contribution is 2.13. The molecule has 58 valence electrons. The van der Waals surface area contributed by atoms with Gasteiger partial charge in [-0.2, -0.15) is 0 Å². The van der Waals surface area contributed by atoms with Crippen molar-refractivity contribution in [3.8, 4) is 0 Å². The third-order valence-electron chi connectivity index (χ3n) is 2.19. The third kappa shape index (κ3) is 1.60. The van der Waals surface area contributed by atoms with Crippen LogP contribution in [0, 0.1) is 0 Å². The minimum absolute atomic E-state index is 0.694. The van der Waals surface area contributed by atoms with Crippen LogP contribution < -0.4 is 0 Å². The van der Waals surface area contributed by atoms with Crippen LogP contribution in [-0.4, -0.2) is 23.5 Å². The van der Waals surface area contributed by atoms with E-state index in [9.17, 15) is 0 Å². The van der Waals surface area contributed by atoms with Crippen molar-refractivity contribution < 1.29 is 0 Å². The summed E-state index contributed by atoms with van der Waals surface area (Å²) in [5.41, 5.74) is 0. The summed E-state index contributed by atoms with van der Waals surface area (Å²) in [4.78, 5) is 2.51. The number of nitrogens with zero attached hydrogens (tertiary/aromatic N) is 1. The maximum atomic E-state index is 2.51. The van der Waals surface area contributed by atoms with Crippen LogP contribution in [0.2, 0.25) is 0 Å². The summed E-state index contributed by atoms with van der Waals surface area (Å²) in [6.07, 6.45) is 5.77. The molecule has 0 saturated carbocycles. The second kappa shape index (κ2) is 3.20. The van der Waals surface area contributed by atoms with Crippen molar-refractivity contribution in [2.75, 3.05) is 6.54 Å². The monoisotopic (exact) mass is 139 g/mol. The lowest BCUT2D eigenvalue weighted by Crippen LogP contribution is -2.40. The van der Waals surface area contributed by atoms with Crippen LogP contribution in [0.1, 0.15) is 27.2 Å². The molecule has 0 aromatic rings. The summed E-state index contributed by atoms with van der Waals surface area (Å²) in [7, 11) is 0. The number of rotatable bonds is 1. The van der Waals surface area contributed by atoms with Crippen molar-refractivity contribution in [3.05, 3.63) is 12.2 Å². The van der Waals surface area contributed by atoms with E-state index in [0.29, 0.717) is 6.04 Å². The highest BCUT2D eigenvalue weighted by Gasteiger charge is 2.16. The molecule has 0 aromatic heterocycles. The van der Waals surface area contributed by atoms with Gasteiger partial charge in [0, 0.05) is 18.6 Å². The zero-order valence-corrected chi connectivity index (χ0v) is 7.17. The van der Waals surface area contributed by atoms with Crippen LogP contribution in [0.5, 0.6) is 0 Å². The molecule has 10 heavy (non-hydrogen) atoms. The molecular weight excluding hydrogens is 122 g/mol. The normalized spacial score (nSPS) is 27.8. The van der Waals surface area contributed by atoms with Gasteiger partial charge in [-0.1, -0.05) is 12.2 Å². The first kappa shape index (κ1) is 7.80. The number of hydrogen-bond donors (Lipinski definition) is 0. The van der Waals surface area contributed by atoms with Crippen molar-refractivity contribution in [2.24, 2.45) is 0 Å². The lowest BCUT2D eigenvalue weighted by Gasteiger charge is -2.33. The van der Waals surface area contributed by atoms with Crippen LogP contribution in [0.3, 0.4) is 0 Å². The van der Waals surface area contributed by atoms with Crippen molar-refractivity contribution >= 4 is 0 Å². The van der Waals surface area contributed by atoms with E-state index in [-0.39, 0.29) is 0 Å². The molecule has 1 atom stereocenters. The molecule has 0 N–H and O–H groups in total. The van der Waals surface area contributed by atoms with Gasteiger partial charge < -0.3 is 0 Å². The number of hydrogen-bond acceptors (Lipinski definition) is 1. The molecule has 0 fully saturated rings. The summed E-state index contributed by atoms with van der Waals surface area (Å²) in [5.74, 6) is 0. The van der Waals surface area contributed by atoms with E-state index in [4.69, 9.17) is 0 Å². The Kier molecular flexibility index (Phi) is 2.50. The van der Waals surface area contributed by atoms with E-state index in [1.807, 2.05) is 0 Å². The predicted octanol–water partition coefficient (Wildman–Crippen LogP) is 2.05. The first-order valence-corrected chi connectivity index (χ1v) is 4.12. The van der Waals surface area contributed by atoms with Gasteiger partial charge in [0.25, 0.3) is 0 Å². The molecule has 0 aromatic carbocycles. The van der Waals surface area contributed by atoms with E-state index in [1.165, 1.54) is 6.42 Å². The second-order valence-electron chi connectivity index (χ2n) is 3.35. The molecule has 1 heteroatoms. The third-order valence-corrected chi connectivity index (χ3v) is 2.19. The Balaban J connectivity index is 2.51. The van der Waals surface area contributed by atoms with Crippen LogP contribution >= 0.6 is 0 Å². The van der Waals surface area contributed by atoms with Gasteiger partial charge in [0.1, 0.15) is 0 Å². The molecule has 0 radical (unpaired) electrons. The smallest absolute Gasteiger partial charge is 0.0168 e. The fourth-order valence-electron chi connectivity index (χ4n) is 1.52. The van der Waals surface area contributed by atoms with Crippen molar-refractivity contribution in [1.82, 2.24) is 4.90 Å². The minimum Gasteiger partial charge on any atom is -0.294 e. The summed E-state index contributed by atoms with van der Waals surface area (Å²) >= 11 is 0. The second-order valence-corrected chi connectivity index (χ2v) is 3.35. The highest BCUT2D eigenvalue weighted by molar-refractivity contribution is 4.95. The Bertz CT molecular complexity index is 127. The van der Waals surface area contributed by atoms with Gasteiger partial charge in [-0.25, -0.2) is 0 Å². The van der Waals surface area contributed by atoms with Crippen molar-refractivity contribution in [1.29, 1.82) is 0 Å². The molecule has 1 rings (SSSR count). The van der Waals surface area contributed by atoms with Gasteiger partial charge in [-0.15, -0.1) is 0 Å².